The van der Waals surface area contributed by atoms with Crippen LogP contribution in [-0.2, 0) is 38.4 Å². The minimum absolute atomic E-state index is 0.00921. The molecule has 0 saturated carbocycles. The first kappa shape index (κ1) is 36.5. The van der Waals surface area contributed by atoms with Gasteiger partial charge < -0.3 is 0 Å². The Labute approximate surface area is 236 Å². The van der Waals surface area contributed by atoms with Gasteiger partial charge in [0.2, 0.25) is 0 Å². The number of nitrogens with one attached hydrogen (secondary N) is 4. The van der Waals surface area contributed by atoms with Gasteiger partial charge in [-0.15, -0.1) is 0 Å². The van der Waals surface area contributed by atoms with Crippen LogP contribution in [0.2, 0.25) is 5.32 Å². The summed E-state index contributed by atoms with van der Waals surface area (Å²) in [5.41, 5.74) is 10.7. The molecule has 226 valence electrons. The molecule has 0 aromatic rings. The van der Waals surface area contributed by atoms with Crippen LogP contribution < -0.4 is 32.7 Å². The average Bonchev–Trinajstić information content (AvgIpc) is 2.87. The molecule has 4 amide bonds. The van der Waals surface area contributed by atoms with Gasteiger partial charge in [0.15, 0.2) is 0 Å². The van der Waals surface area contributed by atoms with Crippen LogP contribution in [0.5, 0.6) is 0 Å². The van der Waals surface area contributed by atoms with Gasteiger partial charge in [0, 0.05) is 0 Å². The van der Waals surface area contributed by atoms with Crippen molar-refractivity contribution >= 4 is 71.5 Å². The molecule has 0 spiro atoms. The first-order valence-corrected chi connectivity index (χ1v) is 15.6. The van der Waals surface area contributed by atoms with Crippen molar-refractivity contribution in [1.29, 1.82) is 0 Å². The Balaban J connectivity index is 5.18. The molecule has 0 fully saturated rings. The van der Waals surface area contributed by atoms with E-state index in [0.29, 0.717) is 0 Å². The van der Waals surface area contributed by atoms with Gasteiger partial charge in [0.25, 0.3) is 0 Å². The van der Waals surface area contributed by atoms with Crippen molar-refractivity contribution in [3.8, 4) is 0 Å². The Hall–Kier alpha value is -3.45. The van der Waals surface area contributed by atoms with E-state index >= 15 is 0 Å². The zero-order chi connectivity index (χ0) is 30.8. The second-order valence-electron chi connectivity index (χ2n) is 8.00. The molecule has 0 radical (unpaired) electrons. The van der Waals surface area contributed by atoms with Gasteiger partial charge in [-0.25, -0.2) is 0 Å². The fraction of sp³-hybridized carbons (Fsp3) is 0.600. The maximum atomic E-state index is 12.4. The fourth-order valence-corrected chi connectivity index (χ4v) is 6.64. The summed E-state index contributed by atoms with van der Waals surface area (Å²) in [7, 11) is 1.09. The molecule has 40 heavy (non-hydrogen) atoms. The minimum atomic E-state index is -1.34. The van der Waals surface area contributed by atoms with Crippen LogP contribution in [0.1, 0.15) is 25.7 Å². The average molecular weight is 660 g/mol. The molecule has 0 heterocycles. The van der Waals surface area contributed by atoms with Gasteiger partial charge in [0.05, 0.1) is 0 Å². The molecule has 0 rings (SSSR count). The Kier molecular flexibility index (Phi) is 17.9. The Morgan fingerprint density at radius 2 is 1.07 bits per heavy atom. The van der Waals surface area contributed by atoms with E-state index in [1.54, 1.807) is 0 Å². The number of carboxylic acids is 4. The number of nitrogens with two attached hydrogens (primary N) is 2. The molecule has 0 aromatic carbocycles. The van der Waals surface area contributed by atoms with Crippen LogP contribution >= 0.6 is 10.2 Å². The van der Waals surface area contributed by atoms with Crippen molar-refractivity contribution in [2.24, 2.45) is 11.5 Å². The van der Waals surface area contributed by atoms with Crippen LogP contribution in [-0.4, -0.2) is 125 Å². The molecule has 0 aliphatic rings. The van der Waals surface area contributed by atoms with Crippen LogP contribution in [0.4, 0.5) is 0 Å². The van der Waals surface area contributed by atoms with Crippen LogP contribution in [0.3, 0.4) is 0 Å². The molecule has 0 aliphatic carbocycles. The van der Waals surface area contributed by atoms with E-state index in [1.165, 1.54) is 0 Å². The third-order valence-electron chi connectivity index (χ3n) is 4.68. The van der Waals surface area contributed by atoms with Crippen molar-refractivity contribution in [3.05, 3.63) is 0 Å². The number of carboxylic acid groups (broad SMARTS) is 4. The fourth-order valence-electron chi connectivity index (χ4n) is 2.52. The molecule has 0 saturated heterocycles. The quantitative estimate of drug-likeness (QED) is 0.0410. The van der Waals surface area contributed by atoms with Crippen LogP contribution in [0.25, 0.3) is 0 Å². The van der Waals surface area contributed by atoms with Crippen molar-refractivity contribution in [1.82, 2.24) is 21.3 Å². The molecule has 0 unspecified atom stereocenters. The molecular formula is C20H32N6O12SSe. The predicted octanol–water partition coefficient (Wildman–Crippen LogP) is -4.49. The van der Waals surface area contributed by atoms with Gasteiger partial charge in [0.1, 0.15) is 0 Å². The summed E-state index contributed by atoms with van der Waals surface area (Å²) in [6, 6.07) is -5.04. The molecule has 4 atom stereocenters. The first-order chi connectivity index (χ1) is 18.6. The van der Waals surface area contributed by atoms with Crippen LogP contribution in [0, 0.1) is 0 Å². The second kappa shape index (κ2) is 19.6. The third-order valence-corrected chi connectivity index (χ3v) is 8.92. The number of amides is 4. The Morgan fingerprint density at radius 3 is 1.48 bits per heavy atom. The zero-order valence-corrected chi connectivity index (χ0v) is 23.5. The summed E-state index contributed by atoms with van der Waals surface area (Å²) >= 11 is -0.558. The van der Waals surface area contributed by atoms with Gasteiger partial charge in [-0.2, -0.15) is 0 Å². The molecule has 0 bridgehead atoms. The number of hydrogen-bond acceptors (Lipinski definition) is 11. The van der Waals surface area contributed by atoms with Crippen molar-refractivity contribution in [3.63, 3.8) is 0 Å². The molecule has 12 N–H and O–H groups in total. The van der Waals surface area contributed by atoms with Gasteiger partial charge in [-0.3, -0.25) is 0 Å². The first-order valence-electron chi connectivity index (χ1n) is 11.4. The summed E-state index contributed by atoms with van der Waals surface area (Å²) in [5, 5.41) is 44.2. The van der Waals surface area contributed by atoms with Crippen molar-refractivity contribution in [2.75, 3.05) is 18.8 Å². The van der Waals surface area contributed by atoms with E-state index < -0.39 is 98.6 Å². The van der Waals surface area contributed by atoms with E-state index in [0.717, 1.165) is 10.2 Å². The molecular weight excluding hydrogens is 627 g/mol. The van der Waals surface area contributed by atoms with Gasteiger partial charge >= 0.3 is 237 Å². The number of carbonyl (C=O) groups is 8. The summed E-state index contributed by atoms with van der Waals surface area (Å²) in [5.74, 6) is -8.46. The molecule has 0 aromatic heterocycles. The van der Waals surface area contributed by atoms with E-state index in [1.807, 2.05) is 0 Å². The van der Waals surface area contributed by atoms with E-state index in [-0.39, 0.29) is 36.8 Å². The number of aliphatic carboxylic acids is 4. The maximum absolute atomic E-state index is 12.4. The number of hydrogen-bond donors (Lipinski definition) is 10. The number of rotatable bonds is 21. The Bertz CT molecular complexity index is 881. The molecule has 20 heteroatoms. The van der Waals surface area contributed by atoms with Gasteiger partial charge in [-0.1, -0.05) is 0 Å². The summed E-state index contributed by atoms with van der Waals surface area (Å²) in [4.78, 5) is 92.4. The van der Waals surface area contributed by atoms with E-state index in [4.69, 9.17) is 31.9 Å². The van der Waals surface area contributed by atoms with E-state index in [2.05, 4.69) is 21.3 Å². The van der Waals surface area contributed by atoms with E-state index in [9.17, 15) is 38.4 Å². The van der Waals surface area contributed by atoms with Crippen LogP contribution in [0.15, 0.2) is 0 Å². The normalized spacial score (nSPS) is 13.6. The standard InChI is InChI=1S/C20H32N6O12SSe/c21-9(19(35)36)1-3-13(27)25-11(17(33)23-5-15(29)30)7-39-40-8-12(18(34)24-6-16(31)32)26-14(28)4-2-10(22)20(37)38/h9-12H,1-8,21-22H2,(H,23,33)(H,24,34)(H,25,27)(H,26,28)(H,29,30)(H,31,32)(H,35,36)(H,37,38)/t9-,10-,11-,12-/m0/s1. The number of carbonyl (C=O) groups excluding carboxylic acids is 4. The zero-order valence-electron chi connectivity index (χ0n) is 21.0. The monoisotopic (exact) mass is 660 g/mol. The summed E-state index contributed by atoms with van der Waals surface area (Å²) in [6.45, 7) is -1.45. The topological polar surface area (TPSA) is 318 Å². The van der Waals surface area contributed by atoms with Crippen molar-refractivity contribution < 1.29 is 58.8 Å². The van der Waals surface area contributed by atoms with Gasteiger partial charge in [-0.05, 0) is 0 Å². The summed E-state index contributed by atoms with van der Waals surface area (Å²) in [6.07, 6.45) is -1.07. The second-order valence-corrected chi connectivity index (χ2v) is 12.5. The summed E-state index contributed by atoms with van der Waals surface area (Å²) < 4.78 is 0. The third kappa shape index (κ3) is 17.2. The molecule has 0 aliphatic heterocycles. The predicted molar refractivity (Wildman–Crippen MR) is 138 cm³/mol. The SMILES string of the molecule is N[C@@H](CCC(=O)N[C@@H](CS[Se]C[C@H](NC(=O)CC[C@H](N)C(=O)O)C(=O)NCC(=O)O)C(=O)NCC(=O)O)C(=O)O. The van der Waals surface area contributed by atoms with Crippen molar-refractivity contribution in [2.45, 2.75) is 55.2 Å². The Morgan fingerprint density at radius 1 is 0.675 bits per heavy atom. The molecule has 18 nitrogen and oxygen atoms in total.